The lowest BCUT2D eigenvalue weighted by Crippen LogP contribution is -2.52. The van der Waals surface area contributed by atoms with Crippen molar-refractivity contribution in [3.05, 3.63) is 11.6 Å². The number of fused-ring (bicyclic) bond motifs is 7. The van der Waals surface area contributed by atoms with Crippen LogP contribution >= 0.6 is 0 Å². The Morgan fingerprint density at radius 3 is 2.31 bits per heavy atom. The first-order valence-corrected chi connectivity index (χ1v) is 22.4. The molecule has 2 aliphatic heterocycles. The van der Waals surface area contributed by atoms with Gasteiger partial charge in [-0.05, 0) is 149 Å². The summed E-state index contributed by atoms with van der Waals surface area (Å²) >= 11 is 0. The van der Waals surface area contributed by atoms with Gasteiger partial charge in [0, 0.05) is 18.7 Å². The van der Waals surface area contributed by atoms with Crippen molar-refractivity contribution < 1.29 is 4.74 Å². The van der Waals surface area contributed by atoms with Crippen molar-refractivity contribution in [2.45, 2.75) is 220 Å². The van der Waals surface area contributed by atoms with Crippen LogP contribution in [-0.4, -0.2) is 24.8 Å². The molecule has 2 nitrogen and oxygen atoms in total. The first kappa shape index (κ1) is 37.4. The maximum absolute atomic E-state index is 6.29. The van der Waals surface area contributed by atoms with E-state index >= 15 is 0 Å². The maximum Gasteiger partial charge on any atom is 0.0742 e. The molecule has 2 bridgehead atoms. The minimum absolute atomic E-state index is 0.514. The summed E-state index contributed by atoms with van der Waals surface area (Å²) in [7, 11) is 0. The lowest BCUT2D eigenvalue weighted by Gasteiger charge is -2.60. The van der Waals surface area contributed by atoms with Crippen LogP contribution in [0.15, 0.2) is 11.6 Å². The summed E-state index contributed by atoms with van der Waals surface area (Å²) in [6.07, 6.45) is 40.5. The highest BCUT2D eigenvalue weighted by Crippen LogP contribution is 2.67. The van der Waals surface area contributed by atoms with E-state index in [1.165, 1.54) is 154 Å². The summed E-state index contributed by atoms with van der Waals surface area (Å²) in [6.45, 7) is 14.0. The summed E-state index contributed by atoms with van der Waals surface area (Å²) in [5, 5.41) is 3.72. The fraction of sp³-hybridized carbons (Fsp3) is 0.957. The Hall–Kier alpha value is -0.340. The van der Waals surface area contributed by atoms with Gasteiger partial charge in [-0.15, -0.1) is 0 Å². The molecule has 0 radical (unpaired) electrons. The Labute approximate surface area is 299 Å². The molecule has 12 atom stereocenters. The van der Waals surface area contributed by atoms with Crippen molar-refractivity contribution in [3.8, 4) is 0 Å². The Morgan fingerprint density at radius 2 is 1.56 bits per heavy atom. The molecule has 2 saturated heterocycles. The van der Waals surface area contributed by atoms with Gasteiger partial charge in [-0.25, -0.2) is 0 Å². The Kier molecular flexibility index (Phi) is 13.6. The SMILES string of the molecule is CCCCCCCC(CCCCCCOC1CC2CCC1N2)C(C)CCC/C=C1\CC[C@@]2(C)C(CCC3C2CC[C@]2(C)[C@@H](C)CC[C@@H]32)C1. The lowest BCUT2D eigenvalue weighted by atomic mass is 9.44. The van der Waals surface area contributed by atoms with Crippen molar-refractivity contribution >= 4 is 0 Å². The highest BCUT2D eigenvalue weighted by atomic mass is 16.5. The van der Waals surface area contributed by atoms with Crippen LogP contribution in [0.1, 0.15) is 202 Å². The summed E-state index contributed by atoms with van der Waals surface area (Å²) in [4.78, 5) is 0. The fourth-order valence-corrected chi connectivity index (χ4v) is 13.3. The molecule has 6 aliphatic rings. The highest BCUT2D eigenvalue weighted by molar-refractivity contribution is 5.15. The molecule has 0 aromatic rings. The van der Waals surface area contributed by atoms with Gasteiger partial charge >= 0.3 is 0 Å². The van der Waals surface area contributed by atoms with E-state index in [0.717, 1.165) is 54.1 Å². The minimum Gasteiger partial charge on any atom is -0.377 e. The van der Waals surface area contributed by atoms with Crippen molar-refractivity contribution in [1.29, 1.82) is 0 Å². The maximum atomic E-state index is 6.29. The first-order valence-electron chi connectivity index (χ1n) is 22.4. The first-order chi connectivity index (χ1) is 23.3. The van der Waals surface area contributed by atoms with Gasteiger partial charge in [0.2, 0.25) is 0 Å². The van der Waals surface area contributed by atoms with Gasteiger partial charge in [0.15, 0.2) is 0 Å². The second-order valence-electron chi connectivity index (χ2n) is 19.5. The van der Waals surface area contributed by atoms with Crippen LogP contribution in [0.4, 0.5) is 0 Å². The molecule has 1 N–H and O–H groups in total. The molecular formula is C46H81NO. The number of ether oxygens (including phenoxy) is 1. The summed E-state index contributed by atoms with van der Waals surface area (Å²) < 4.78 is 6.29. The number of hydrogen-bond donors (Lipinski definition) is 1. The molecule has 2 heterocycles. The van der Waals surface area contributed by atoms with E-state index in [4.69, 9.17) is 4.74 Å². The minimum atomic E-state index is 0.514. The van der Waals surface area contributed by atoms with Crippen molar-refractivity contribution in [1.82, 2.24) is 5.32 Å². The molecule has 6 fully saturated rings. The molecule has 0 amide bonds. The molecule has 4 saturated carbocycles. The van der Waals surface area contributed by atoms with Crippen molar-refractivity contribution in [2.75, 3.05) is 6.61 Å². The quantitative estimate of drug-likeness (QED) is 0.110. The van der Waals surface area contributed by atoms with Crippen LogP contribution in [0.3, 0.4) is 0 Å². The van der Waals surface area contributed by atoms with Gasteiger partial charge in [0.05, 0.1) is 6.10 Å². The monoisotopic (exact) mass is 664 g/mol. The molecule has 2 heteroatoms. The summed E-state index contributed by atoms with van der Waals surface area (Å²) in [5.74, 6) is 6.88. The van der Waals surface area contributed by atoms with Crippen molar-refractivity contribution in [3.63, 3.8) is 0 Å². The summed E-state index contributed by atoms with van der Waals surface area (Å²) in [6, 6.07) is 1.42. The summed E-state index contributed by atoms with van der Waals surface area (Å²) in [5.41, 5.74) is 3.15. The Balaban J connectivity index is 0.896. The van der Waals surface area contributed by atoms with Gasteiger partial charge < -0.3 is 10.1 Å². The molecule has 6 rings (SSSR count). The zero-order chi connectivity index (χ0) is 33.6. The average Bonchev–Trinajstić information content (AvgIpc) is 3.79. The second kappa shape index (κ2) is 17.5. The van der Waals surface area contributed by atoms with Crippen LogP contribution in [0.5, 0.6) is 0 Å². The van der Waals surface area contributed by atoms with E-state index in [2.05, 4.69) is 46.0 Å². The van der Waals surface area contributed by atoms with E-state index in [0.29, 0.717) is 23.0 Å². The standard InChI is InChI=1S/C46H81NO/c1-6-7-8-9-12-19-37(20-13-10-11-16-31-48-44-33-39-23-26-43(44)47-39)34(2)17-14-15-18-36-27-29-46(5)38(32-36)22-24-40-41-25-21-35(3)45(41,4)30-28-42(40)46/h18,34-35,37-44,47H,6-17,19-33H2,1-5H3/b36-18+/t34?,35-,37?,38?,39?,40?,41-,42?,43?,44?,45+,46-/m0/s1. The van der Waals surface area contributed by atoms with Gasteiger partial charge in [0.25, 0.3) is 0 Å². The Bertz CT molecular complexity index is 1000. The Morgan fingerprint density at radius 1 is 0.792 bits per heavy atom. The third-order valence-corrected chi connectivity index (χ3v) is 16.9. The smallest absolute Gasteiger partial charge is 0.0742 e. The number of rotatable bonds is 19. The van der Waals surface area contributed by atoms with Crippen LogP contribution in [0.25, 0.3) is 0 Å². The molecular weight excluding hydrogens is 583 g/mol. The third-order valence-electron chi connectivity index (χ3n) is 16.9. The van der Waals surface area contributed by atoms with Crippen molar-refractivity contribution in [2.24, 2.45) is 52.3 Å². The second-order valence-corrected chi connectivity index (χ2v) is 19.5. The van der Waals surface area contributed by atoms with E-state index in [1.807, 2.05) is 5.57 Å². The molecule has 0 aromatic heterocycles. The molecule has 4 aliphatic carbocycles. The highest BCUT2D eigenvalue weighted by Gasteiger charge is 2.59. The molecule has 276 valence electrons. The third kappa shape index (κ3) is 8.64. The van der Waals surface area contributed by atoms with Crippen LogP contribution in [0, 0.1) is 52.3 Å². The molecule has 8 unspecified atom stereocenters. The fourth-order valence-electron chi connectivity index (χ4n) is 13.3. The van der Waals surface area contributed by atoms with Gasteiger partial charge in [0.1, 0.15) is 0 Å². The zero-order valence-electron chi connectivity index (χ0n) is 32.9. The van der Waals surface area contributed by atoms with E-state index < -0.39 is 0 Å². The molecule has 48 heavy (non-hydrogen) atoms. The van der Waals surface area contributed by atoms with Gasteiger partial charge in [-0.1, -0.05) is 117 Å². The lowest BCUT2D eigenvalue weighted by molar-refractivity contribution is -0.103. The van der Waals surface area contributed by atoms with E-state index in [-0.39, 0.29) is 0 Å². The van der Waals surface area contributed by atoms with Crippen LogP contribution in [0.2, 0.25) is 0 Å². The largest absolute Gasteiger partial charge is 0.377 e. The number of hydrogen-bond acceptors (Lipinski definition) is 2. The van der Waals surface area contributed by atoms with Crippen LogP contribution in [-0.2, 0) is 4.74 Å². The average molecular weight is 664 g/mol. The number of unbranched alkanes of at least 4 members (excludes halogenated alkanes) is 8. The van der Waals surface area contributed by atoms with Gasteiger partial charge in [-0.2, -0.15) is 0 Å². The topological polar surface area (TPSA) is 21.3 Å². The predicted octanol–water partition coefficient (Wildman–Crippen LogP) is 13.2. The normalized spacial score (nSPS) is 40.9. The molecule has 0 aromatic carbocycles. The number of nitrogens with one attached hydrogen (secondary N) is 1. The van der Waals surface area contributed by atoms with Gasteiger partial charge in [-0.3, -0.25) is 0 Å². The van der Waals surface area contributed by atoms with E-state index in [9.17, 15) is 0 Å². The van der Waals surface area contributed by atoms with E-state index in [1.54, 1.807) is 12.8 Å². The van der Waals surface area contributed by atoms with Crippen LogP contribution < -0.4 is 5.32 Å². The molecule has 0 spiro atoms. The number of allylic oxidation sites excluding steroid dienone is 2. The zero-order valence-corrected chi connectivity index (χ0v) is 32.9. The predicted molar refractivity (Wildman–Crippen MR) is 206 cm³/mol.